The largest absolute Gasteiger partial charge is 0.374 e. The van der Waals surface area contributed by atoms with Gasteiger partial charge >= 0.3 is 0 Å². The lowest BCUT2D eigenvalue weighted by molar-refractivity contribution is -0.0284. The summed E-state index contributed by atoms with van der Waals surface area (Å²) in [6.07, 6.45) is 0.205. The fourth-order valence-electron chi connectivity index (χ4n) is 3.55. The van der Waals surface area contributed by atoms with E-state index in [1.54, 1.807) is 0 Å². The molecule has 5 nitrogen and oxygen atoms in total. The van der Waals surface area contributed by atoms with Gasteiger partial charge in [0, 0.05) is 39.8 Å². The SMILES string of the molecule is CN=C(NCc1ccc2ccccc2c1)NCC1CN(CC(C)C)CCO1. The number of rotatable bonds is 6. The third-order valence-corrected chi connectivity index (χ3v) is 4.84. The number of aliphatic imine (C=N–C) groups is 1. The van der Waals surface area contributed by atoms with Gasteiger partial charge in [0.25, 0.3) is 0 Å². The van der Waals surface area contributed by atoms with E-state index in [1.807, 2.05) is 7.05 Å². The number of nitrogens with zero attached hydrogens (tertiary/aromatic N) is 2. The van der Waals surface area contributed by atoms with Crippen molar-refractivity contribution < 1.29 is 4.74 Å². The van der Waals surface area contributed by atoms with E-state index in [4.69, 9.17) is 4.74 Å². The van der Waals surface area contributed by atoms with Crippen LogP contribution in [-0.2, 0) is 11.3 Å². The van der Waals surface area contributed by atoms with Crippen molar-refractivity contribution in [2.24, 2.45) is 10.9 Å². The van der Waals surface area contributed by atoms with Crippen LogP contribution >= 0.6 is 0 Å². The zero-order valence-corrected chi connectivity index (χ0v) is 16.7. The van der Waals surface area contributed by atoms with Crippen molar-refractivity contribution in [1.82, 2.24) is 15.5 Å². The van der Waals surface area contributed by atoms with Gasteiger partial charge < -0.3 is 15.4 Å². The van der Waals surface area contributed by atoms with Crippen molar-refractivity contribution in [2.45, 2.75) is 26.5 Å². The molecular formula is C22H32N4O. The second-order valence-electron chi connectivity index (χ2n) is 7.63. The van der Waals surface area contributed by atoms with Gasteiger partial charge in [0.15, 0.2) is 5.96 Å². The van der Waals surface area contributed by atoms with Crippen LogP contribution in [0.4, 0.5) is 0 Å². The highest BCUT2D eigenvalue weighted by Gasteiger charge is 2.21. The molecular weight excluding hydrogens is 336 g/mol. The van der Waals surface area contributed by atoms with Crippen LogP contribution in [0.2, 0.25) is 0 Å². The average molecular weight is 369 g/mol. The first-order valence-electron chi connectivity index (χ1n) is 9.90. The van der Waals surface area contributed by atoms with Gasteiger partial charge in [0.1, 0.15) is 0 Å². The summed E-state index contributed by atoms with van der Waals surface area (Å²) in [4.78, 5) is 6.83. The van der Waals surface area contributed by atoms with E-state index in [2.05, 4.69) is 76.8 Å². The van der Waals surface area contributed by atoms with Gasteiger partial charge in [-0.2, -0.15) is 0 Å². The molecule has 3 rings (SSSR count). The first kappa shape index (κ1) is 19.6. The second-order valence-corrected chi connectivity index (χ2v) is 7.63. The minimum atomic E-state index is 0.205. The van der Waals surface area contributed by atoms with E-state index in [9.17, 15) is 0 Å². The summed E-state index contributed by atoms with van der Waals surface area (Å²) in [6, 6.07) is 15.0. The normalized spacial score (nSPS) is 18.8. The van der Waals surface area contributed by atoms with Crippen LogP contribution in [0.1, 0.15) is 19.4 Å². The van der Waals surface area contributed by atoms with Crippen LogP contribution < -0.4 is 10.6 Å². The molecule has 0 saturated carbocycles. The van der Waals surface area contributed by atoms with Gasteiger partial charge in [-0.3, -0.25) is 9.89 Å². The Balaban J connectivity index is 1.47. The maximum absolute atomic E-state index is 5.91. The minimum Gasteiger partial charge on any atom is -0.374 e. The molecule has 146 valence electrons. The van der Waals surface area contributed by atoms with Crippen LogP contribution in [0.25, 0.3) is 10.8 Å². The molecule has 0 amide bonds. The second kappa shape index (κ2) is 9.72. The lowest BCUT2D eigenvalue weighted by Gasteiger charge is -2.34. The monoisotopic (exact) mass is 368 g/mol. The zero-order valence-electron chi connectivity index (χ0n) is 16.7. The molecule has 1 atom stereocenters. The Kier molecular flexibility index (Phi) is 7.07. The van der Waals surface area contributed by atoms with E-state index < -0.39 is 0 Å². The third-order valence-electron chi connectivity index (χ3n) is 4.84. The fourth-order valence-corrected chi connectivity index (χ4v) is 3.55. The van der Waals surface area contributed by atoms with Gasteiger partial charge in [0.2, 0.25) is 0 Å². The lowest BCUT2D eigenvalue weighted by atomic mass is 10.1. The van der Waals surface area contributed by atoms with Crippen molar-refractivity contribution in [3.63, 3.8) is 0 Å². The highest BCUT2D eigenvalue weighted by atomic mass is 16.5. The van der Waals surface area contributed by atoms with E-state index >= 15 is 0 Å². The molecule has 1 aliphatic rings. The van der Waals surface area contributed by atoms with E-state index in [-0.39, 0.29) is 6.10 Å². The highest BCUT2D eigenvalue weighted by Crippen LogP contribution is 2.15. The Morgan fingerprint density at radius 2 is 2.00 bits per heavy atom. The number of nitrogens with one attached hydrogen (secondary N) is 2. The standard InChI is InChI=1S/C22H32N4O/c1-17(2)15-26-10-11-27-21(16-26)14-25-22(23-3)24-13-18-8-9-19-6-4-5-7-20(19)12-18/h4-9,12,17,21H,10-11,13-16H2,1-3H3,(H2,23,24,25). The zero-order chi connectivity index (χ0) is 19.1. The third kappa shape index (κ3) is 5.94. The highest BCUT2D eigenvalue weighted by molar-refractivity contribution is 5.83. The Morgan fingerprint density at radius 3 is 2.78 bits per heavy atom. The molecule has 2 N–H and O–H groups in total. The molecule has 2 aromatic rings. The van der Waals surface area contributed by atoms with Gasteiger partial charge in [-0.15, -0.1) is 0 Å². The number of hydrogen-bond acceptors (Lipinski definition) is 3. The van der Waals surface area contributed by atoms with Crippen molar-refractivity contribution in [3.8, 4) is 0 Å². The Morgan fingerprint density at radius 1 is 1.19 bits per heavy atom. The fraction of sp³-hybridized carbons (Fsp3) is 0.500. The molecule has 0 bridgehead atoms. The molecule has 0 aliphatic carbocycles. The quantitative estimate of drug-likeness (QED) is 0.608. The number of guanidine groups is 1. The summed E-state index contributed by atoms with van der Waals surface area (Å²) in [7, 11) is 1.81. The van der Waals surface area contributed by atoms with Gasteiger partial charge in [-0.05, 0) is 28.3 Å². The van der Waals surface area contributed by atoms with E-state index in [1.165, 1.54) is 16.3 Å². The summed E-state index contributed by atoms with van der Waals surface area (Å²) >= 11 is 0. The number of fused-ring (bicyclic) bond motifs is 1. The number of morpholine rings is 1. The smallest absolute Gasteiger partial charge is 0.191 e. The number of benzene rings is 2. The molecule has 0 aromatic heterocycles. The maximum atomic E-state index is 5.91. The molecule has 1 saturated heterocycles. The molecule has 0 spiro atoms. The van der Waals surface area contributed by atoms with Crippen LogP contribution in [0.3, 0.4) is 0 Å². The molecule has 1 unspecified atom stereocenters. The van der Waals surface area contributed by atoms with Crippen LogP contribution in [-0.4, -0.2) is 56.8 Å². The first-order valence-corrected chi connectivity index (χ1v) is 9.90. The molecule has 1 heterocycles. The van der Waals surface area contributed by atoms with Crippen molar-refractivity contribution in [3.05, 3.63) is 48.0 Å². The van der Waals surface area contributed by atoms with Crippen LogP contribution in [0.15, 0.2) is 47.5 Å². The average Bonchev–Trinajstić information content (AvgIpc) is 2.68. The Bertz CT molecular complexity index is 759. The summed E-state index contributed by atoms with van der Waals surface area (Å²) in [5, 5.41) is 9.34. The molecule has 1 fully saturated rings. The summed E-state index contributed by atoms with van der Waals surface area (Å²) in [5.41, 5.74) is 1.24. The Labute approximate surface area is 162 Å². The summed E-state index contributed by atoms with van der Waals surface area (Å²) in [6.45, 7) is 10.00. The van der Waals surface area contributed by atoms with Crippen LogP contribution in [0.5, 0.6) is 0 Å². The molecule has 2 aromatic carbocycles. The van der Waals surface area contributed by atoms with E-state index in [0.29, 0.717) is 5.92 Å². The summed E-state index contributed by atoms with van der Waals surface area (Å²) in [5.74, 6) is 1.50. The van der Waals surface area contributed by atoms with Gasteiger partial charge in [0.05, 0.1) is 12.7 Å². The molecule has 0 radical (unpaired) electrons. The van der Waals surface area contributed by atoms with Crippen molar-refractivity contribution in [1.29, 1.82) is 0 Å². The first-order chi connectivity index (χ1) is 13.1. The predicted molar refractivity (Wildman–Crippen MR) is 113 cm³/mol. The number of ether oxygens (including phenoxy) is 1. The van der Waals surface area contributed by atoms with Gasteiger partial charge in [-0.1, -0.05) is 50.2 Å². The predicted octanol–water partition coefficient (Wildman–Crippen LogP) is 2.86. The Hall–Kier alpha value is -2.11. The van der Waals surface area contributed by atoms with Crippen molar-refractivity contribution in [2.75, 3.05) is 39.8 Å². The topological polar surface area (TPSA) is 48.9 Å². The lowest BCUT2D eigenvalue weighted by Crippen LogP contribution is -2.50. The minimum absolute atomic E-state index is 0.205. The molecule has 27 heavy (non-hydrogen) atoms. The maximum Gasteiger partial charge on any atom is 0.191 e. The van der Waals surface area contributed by atoms with Gasteiger partial charge in [-0.25, -0.2) is 0 Å². The van der Waals surface area contributed by atoms with Crippen molar-refractivity contribution >= 4 is 16.7 Å². The summed E-state index contributed by atoms with van der Waals surface area (Å²) < 4.78 is 5.91. The molecule has 5 heteroatoms. The number of hydrogen-bond donors (Lipinski definition) is 2. The van der Waals surface area contributed by atoms with Crippen LogP contribution in [0, 0.1) is 5.92 Å². The van der Waals surface area contributed by atoms with E-state index in [0.717, 1.165) is 45.3 Å². The molecule has 1 aliphatic heterocycles.